The number of H-pyrrole nitrogens is 1. The zero-order chi connectivity index (χ0) is 25.1. The quantitative estimate of drug-likeness (QED) is 0.437. The molecule has 3 heterocycles. The molecule has 0 spiro atoms. The number of quaternary nitrogens is 1. The normalized spacial score (nSPS) is 19.8. The second-order valence-corrected chi connectivity index (χ2v) is 9.41. The van der Waals surface area contributed by atoms with Gasteiger partial charge < -0.3 is 15.0 Å². The Morgan fingerprint density at radius 3 is 2.71 bits per heavy atom. The van der Waals surface area contributed by atoms with Crippen molar-refractivity contribution in [2.75, 3.05) is 33.2 Å². The highest BCUT2D eigenvalue weighted by Gasteiger charge is 2.35. The lowest BCUT2D eigenvalue weighted by atomic mass is 10.1. The maximum atomic E-state index is 13.2. The van der Waals surface area contributed by atoms with E-state index >= 15 is 0 Å². The number of ether oxygens (including phenoxy) is 1. The number of nitrogens with one attached hydrogen (secondary N) is 2. The van der Waals surface area contributed by atoms with Gasteiger partial charge >= 0.3 is 6.18 Å². The Morgan fingerprint density at radius 2 is 1.94 bits per heavy atom. The molecule has 6 nitrogen and oxygen atoms in total. The molecule has 3 aromatic rings. The summed E-state index contributed by atoms with van der Waals surface area (Å²) >= 11 is 0. The van der Waals surface area contributed by atoms with Crippen molar-refractivity contribution in [1.29, 1.82) is 0 Å². The summed E-state index contributed by atoms with van der Waals surface area (Å²) in [5.74, 6) is 1.08. The number of hydrogen-bond acceptors (Lipinski definition) is 4. The van der Waals surface area contributed by atoms with E-state index in [4.69, 9.17) is 4.74 Å². The van der Waals surface area contributed by atoms with Crippen molar-refractivity contribution in [1.82, 2.24) is 20.3 Å². The first-order valence-corrected chi connectivity index (χ1v) is 12.1. The van der Waals surface area contributed by atoms with Crippen molar-refractivity contribution in [2.45, 2.75) is 45.5 Å². The number of pyridine rings is 1. The molecule has 2 N–H and O–H groups in total. The number of aromatic nitrogens is 3. The minimum atomic E-state index is -4.40. The number of aromatic amines is 1. The predicted molar refractivity (Wildman–Crippen MR) is 130 cm³/mol. The van der Waals surface area contributed by atoms with Gasteiger partial charge in [0.2, 0.25) is 12.1 Å². The van der Waals surface area contributed by atoms with Crippen LogP contribution in [0.3, 0.4) is 0 Å². The Labute approximate surface area is 204 Å². The molecule has 1 saturated heterocycles. The first kappa shape index (κ1) is 25.2. The molecule has 9 heteroatoms. The van der Waals surface area contributed by atoms with Crippen LogP contribution >= 0.6 is 0 Å². The van der Waals surface area contributed by atoms with Crippen molar-refractivity contribution in [3.63, 3.8) is 0 Å². The van der Waals surface area contributed by atoms with Gasteiger partial charge in [-0.3, -0.25) is 4.48 Å². The predicted octanol–water partition coefficient (Wildman–Crippen LogP) is 5.41. The average molecular weight is 489 g/mol. The molecule has 0 bridgehead atoms. The minimum absolute atomic E-state index is 0.0124. The molecule has 1 fully saturated rings. The van der Waals surface area contributed by atoms with E-state index in [9.17, 15) is 13.2 Å². The van der Waals surface area contributed by atoms with Crippen LogP contribution in [-0.2, 0) is 6.18 Å². The molecule has 1 aliphatic heterocycles. The van der Waals surface area contributed by atoms with Crippen LogP contribution in [0.25, 0.3) is 22.6 Å². The third-order valence-corrected chi connectivity index (χ3v) is 6.67. The molecule has 2 unspecified atom stereocenters. The number of hydrogen-bond donors (Lipinski definition) is 2. The third-order valence-electron chi connectivity index (χ3n) is 6.67. The Morgan fingerprint density at radius 1 is 1.11 bits per heavy atom. The Balaban J connectivity index is 1.60. The molecule has 188 valence electrons. The van der Waals surface area contributed by atoms with E-state index in [1.165, 1.54) is 6.07 Å². The summed E-state index contributed by atoms with van der Waals surface area (Å²) in [4.78, 5) is 12.3. The standard InChI is InChI=1S/C26H33F3N5O/c1-4-7-23(34(3)14-6-11-30-13-15-34)35-22-17-20(10-12-31-22)25-32-18(2)24(33-25)19-8-5-9-21(16-19)26(27,28)29/h5,8-10,12,16-17,23,30H,4,6-7,11,13-15H2,1-3H3,(H,32,33)/q+1. The maximum absolute atomic E-state index is 13.2. The van der Waals surface area contributed by atoms with Crippen LogP contribution in [0.2, 0.25) is 0 Å². The molecule has 2 aromatic heterocycles. The summed E-state index contributed by atoms with van der Waals surface area (Å²) in [5.41, 5.74) is 1.68. The third kappa shape index (κ3) is 5.85. The van der Waals surface area contributed by atoms with Gasteiger partial charge in [-0.2, -0.15) is 13.2 Å². The fourth-order valence-corrected chi connectivity index (χ4v) is 4.65. The second kappa shape index (κ2) is 10.4. The maximum Gasteiger partial charge on any atom is 0.416 e. The molecule has 0 radical (unpaired) electrons. The van der Waals surface area contributed by atoms with Crippen molar-refractivity contribution >= 4 is 0 Å². The summed E-state index contributed by atoms with van der Waals surface area (Å²) in [7, 11) is 2.24. The number of aryl methyl sites for hydroxylation is 1. The number of nitrogens with zero attached hydrogens (tertiary/aromatic N) is 3. The average Bonchev–Trinajstić information content (AvgIpc) is 3.08. The lowest BCUT2D eigenvalue weighted by Crippen LogP contribution is -2.56. The van der Waals surface area contributed by atoms with Gasteiger partial charge in [0.1, 0.15) is 5.82 Å². The fourth-order valence-electron chi connectivity index (χ4n) is 4.65. The lowest BCUT2D eigenvalue weighted by molar-refractivity contribution is -0.949. The van der Waals surface area contributed by atoms with Crippen molar-refractivity contribution in [2.24, 2.45) is 0 Å². The highest BCUT2D eigenvalue weighted by atomic mass is 19.4. The molecule has 1 aromatic carbocycles. The van der Waals surface area contributed by atoms with E-state index in [1.54, 1.807) is 19.2 Å². The summed E-state index contributed by atoms with van der Waals surface area (Å²) in [6.45, 7) is 7.96. The number of halogens is 3. The summed E-state index contributed by atoms with van der Waals surface area (Å²) in [5, 5.41) is 3.47. The van der Waals surface area contributed by atoms with Crippen LogP contribution in [0, 0.1) is 6.92 Å². The van der Waals surface area contributed by atoms with Crippen molar-refractivity contribution < 1.29 is 22.4 Å². The van der Waals surface area contributed by atoms with Gasteiger partial charge in [-0.1, -0.05) is 19.1 Å². The second-order valence-electron chi connectivity index (χ2n) is 9.41. The zero-order valence-corrected chi connectivity index (χ0v) is 20.5. The lowest BCUT2D eigenvalue weighted by Gasteiger charge is -2.39. The van der Waals surface area contributed by atoms with Crippen molar-refractivity contribution in [3.05, 3.63) is 53.9 Å². The van der Waals surface area contributed by atoms with Crippen LogP contribution in [0.4, 0.5) is 13.2 Å². The summed E-state index contributed by atoms with van der Waals surface area (Å²) < 4.78 is 46.8. The molecule has 0 aliphatic carbocycles. The molecule has 0 saturated carbocycles. The Hall–Kier alpha value is -2.91. The summed E-state index contributed by atoms with van der Waals surface area (Å²) in [6, 6.07) is 8.90. The summed E-state index contributed by atoms with van der Waals surface area (Å²) in [6.07, 6.45) is 0.280. The SMILES string of the molecule is CCCC(Oc1cc(-c2nc(-c3cccc(C(F)(F)F)c3)c(C)[nH]2)ccn1)[N+]1(C)CCCNCC1. The van der Waals surface area contributed by atoms with E-state index in [1.807, 2.05) is 12.1 Å². The van der Waals surface area contributed by atoms with Gasteiger partial charge in [0.05, 0.1) is 31.4 Å². The minimum Gasteiger partial charge on any atom is -0.426 e. The van der Waals surface area contributed by atoms with Crippen LogP contribution < -0.4 is 10.1 Å². The van der Waals surface area contributed by atoms with Gasteiger partial charge in [0.25, 0.3) is 0 Å². The van der Waals surface area contributed by atoms with E-state index < -0.39 is 11.7 Å². The highest BCUT2D eigenvalue weighted by molar-refractivity contribution is 5.68. The molecular weight excluding hydrogens is 455 g/mol. The van der Waals surface area contributed by atoms with Gasteiger partial charge in [-0.25, -0.2) is 9.97 Å². The zero-order valence-electron chi connectivity index (χ0n) is 20.5. The smallest absolute Gasteiger partial charge is 0.416 e. The molecule has 1 aliphatic rings. The Bertz CT molecular complexity index is 1140. The van der Waals surface area contributed by atoms with Crippen LogP contribution in [0.5, 0.6) is 5.88 Å². The fraction of sp³-hybridized carbons (Fsp3) is 0.462. The van der Waals surface area contributed by atoms with Crippen LogP contribution in [-0.4, -0.2) is 58.9 Å². The van der Waals surface area contributed by atoms with Crippen molar-refractivity contribution in [3.8, 4) is 28.5 Å². The van der Waals surface area contributed by atoms with E-state index in [-0.39, 0.29) is 6.23 Å². The number of alkyl halides is 3. The van der Waals surface area contributed by atoms with Gasteiger partial charge in [0.15, 0.2) is 0 Å². The van der Waals surface area contributed by atoms with Crippen LogP contribution in [0.1, 0.15) is 37.4 Å². The number of likely N-dealkylation sites (N-methyl/N-ethyl adjacent to an activating group) is 1. The first-order valence-electron chi connectivity index (χ1n) is 12.1. The first-order chi connectivity index (χ1) is 16.7. The number of imidazole rings is 1. The van der Waals surface area contributed by atoms with Gasteiger partial charge in [0, 0.05) is 55.0 Å². The van der Waals surface area contributed by atoms with E-state index in [0.717, 1.165) is 67.6 Å². The number of benzene rings is 1. The molecular formula is C26H33F3N5O+. The monoisotopic (exact) mass is 488 g/mol. The van der Waals surface area contributed by atoms with E-state index in [2.05, 4.69) is 34.2 Å². The van der Waals surface area contributed by atoms with Gasteiger partial charge in [-0.15, -0.1) is 0 Å². The Kier molecular flexibility index (Phi) is 7.47. The van der Waals surface area contributed by atoms with E-state index in [0.29, 0.717) is 28.7 Å². The molecule has 2 atom stereocenters. The topological polar surface area (TPSA) is 62.8 Å². The molecule has 35 heavy (non-hydrogen) atoms. The molecule has 0 amide bonds. The largest absolute Gasteiger partial charge is 0.426 e. The van der Waals surface area contributed by atoms with Gasteiger partial charge in [-0.05, 0) is 31.5 Å². The number of rotatable bonds is 7. The van der Waals surface area contributed by atoms with Crippen LogP contribution in [0.15, 0.2) is 42.6 Å². The highest BCUT2D eigenvalue weighted by Crippen LogP contribution is 2.33. The molecule has 4 rings (SSSR count).